The fourth-order valence-corrected chi connectivity index (χ4v) is 4.85. The van der Waals surface area contributed by atoms with Crippen molar-refractivity contribution in [1.82, 2.24) is 24.3 Å². The number of carboxylic acid groups (broad SMARTS) is 1. The predicted molar refractivity (Wildman–Crippen MR) is 137 cm³/mol. The number of pyridine rings is 1. The largest absolute Gasteiger partial charge is 0.478 e. The summed E-state index contributed by atoms with van der Waals surface area (Å²) in [6.07, 6.45) is 0.810. The third kappa shape index (κ3) is 4.20. The quantitative estimate of drug-likeness (QED) is 0.323. The number of aromatic nitrogens is 5. The van der Waals surface area contributed by atoms with Crippen LogP contribution in [0.15, 0.2) is 53.1 Å². The first-order valence-electron chi connectivity index (χ1n) is 10.7. The summed E-state index contributed by atoms with van der Waals surface area (Å²) in [4.78, 5) is 21.3. The molecule has 34 heavy (non-hydrogen) atoms. The van der Waals surface area contributed by atoms with Crippen LogP contribution in [0.25, 0.3) is 27.8 Å². The summed E-state index contributed by atoms with van der Waals surface area (Å²) in [6.45, 7) is 6.81. The first-order chi connectivity index (χ1) is 15.9. The average molecular weight is 527 g/mol. The molecule has 0 atom stereocenters. The maximum absolute atomic E-state index is 11.7. The van der Waals surface area contributed by atoms with Crippen LogP contribution in [0.5, 0.6) is 0 Å². The van der Waals surface area contributed by atoms with Gasteiger partial charge in [-0.3, -0.25) is 0 Å². The molecule has 167 valence electrons. The molecule has 0 saturated carbocycles. The molecule has 0 aliphatic carbocycles. The maximum Gasteiger partial charge on any atom is 0.337 e. The predicted octanol–water partition coefficient (Wildman–Crippen LogP) is 5.08. The molecule has 0 aliphatic rings. The zero-order valence-electron chi connectivity index (χ0n) is 19.5. The Morgan fingerprint density at radius 1 is 1.09 bits per heavy atom. The fraction of sp³-hybridized carbons (Fsp3) is 0.200. The number of aromatic carboxylic acids is 1. The molecule has 3 aromatic heterocycles. The topological polar surface area (TPSA) is 85.8 Å². The van der Waals surface area contributed by atoms with Gasteiger partial charge in [0.05, 0.1) is 23.3 Å². The molecule has 0 unspecified atom stereocenters. The molecule has 1 N–H and O–H groups in total. The number of rotatable bonds is 5. The summed E-state index contributed by atoms with van der Waals surface area (Å²) in [5.74, 6) is 0.00589. The Balaban J connectivity index is 0.00000274. The third-order valence-electron chi connectivity index (χ3n) is 5.80. The second kappa shape index (κ2) is 9.62. The van der Waals surface area contributed by atoms with Gasteiger partial charge in [0, 0.05) is 47.1 Å². The van der Waals surface area contributed by atoms with Gasteiger partial charge in [0.2, 0.25) is 0 Å². The maximum atomic E-state index is 11.7. The van der Waals surface area contributed by atoms with Crippen molar-refractivity contribution >= 4 is 73.5 Å². The number of imidazole rings is 1. The van der Waals surface area contributed by atoms with E-state index in [1.807, 2.05) is 19.1 Å². The van der Waals surface area contributed by atoms with Gasteiger partial charge in [0.15, 0.2) is 5.65 Å². The van der Waals surface area contributed by atoms with E-state index in [0.29, 0.717) is 16.8 Å². The molecule has 0 saturated heterocycles. The first kappa shape index (κ1) is 24.6. The number of hydrogen-bond donors (Lipinski definition) is 1. The second-order valence-electron chi connectivity index (χ2n) is 8.10. The molecule has 0 spiro atoms. The summed E-state index contributed by atoms with van der Waals surface area (Å²) < 4.78 is 4.52. The van der Waals surface area contributed by atoms with E-state index in [0.717, 1.165) is 51.1 Å². The minimum Gasteiger partial charge on any atom is -0.478 e. The first-order valence-corrected chi connectivity index (χ1v) is 11.5. The minimum atomic E-state index is -0.991. The number of carbonyl (C=O) groups is 1. The fourth-order valence-electron chi connectivity index (χ4n) is 4.27. The van der Waals surface area contributed by atoms with E-state index in [-0.39, 0.29) is 35.1 Å². The number of fused-ring (bicyclic) bond motifs is 2. The van der Waals surface area contributed by atoms with Crippen LogP contribution in [0, 0.1) is 13.8 Å². The molecule has 5 aromatic rings. The Hall–Kier alpha value is -2.52. The Morgan fingerprint density at radius 3 is 2.59 bits per heavy atom. The van der Waals surface area contributed by atoms with Gasteiger partial charge in [-0.15, -0.1) is 0 Å². The molecule has 0 aliphatic heterocycles. The molecule has 2 aromatic carbocycles. The van der Waals surface area contributed by atoms with Crippen LogP contribution in [0.1, 0.15) is 39.9 Å². The van der Waals surface area contributed by atoms with Gasteiger partial charge in [-0.1, -0.05) is 25.1 Å². The normalized spacial score (nSPS) is 11.2. The van der Waals surface area contributed by atoms with E-state index in [9.17, 15) is 9.90 Å². The summed E-state index contributed by atoms with van der Waals surface area (Å²) in [7, 11) is 0. The molecule has 9 heteroatoms. The molecule has 3 heterocycles. The van der Waals surface area contributed by atoms with Crippen molar-refractivity contribution in [3.8, 4) is 5.69 Å². The van der Waals surface area contributed by atoms with Crippen molar-refractivity contribution in [3.63, 3.8) is 0 Å². The van der Waals surface area contributed by atoms with Gasteiger partial charge in [-0.2, -0.15) is 5.10 Å². The molecular weight excluding hydrogens is 505 g/mol. The van der Waals surface area contributed by atoms with Crippen molar-refractivity contribution in [2.45, 2.75) is 33.7 Å². The van der Waals surface area contributed by atoms with E-state index in [4.69, 9.17) is 9.97 Å². The zero-order valence-corrected chi connectivity index (χ0v) is 23.1. The van der Waals surface area contributed by atoms with Crippen LogP contribution in [0.4, 0.5) is 0 Å². The van der Waals surface area contributed by atoms with Gasteiger partial charge in [-0.25, -0.2) is 19.4 Å². The van der Waals surface area contributed by atoms with Crippen LogP contribution in [0.2, 0.25) is 0 Å². The summed E-state index contributed by atoms with van der Waals surface area (Å²) >= 11 is 3.65. The van der Waals surface area contributed by atoms with Crippen LogP contribution < -0.4 is 0 Å². The van der Waals surface area contributed by atoms with Crippen molar-refractivity contribution < 1.29 is 9.90 Å². The van der Waals surface area contributed by atoms with Crippen LogP contribution in [0.3, 0.4) is 0 Å². The molecule has 5 rings (SSSR count). The van der Waals surface area contributed by atoms with Crippen molar-refractivity contribution in [2.75, 3.05) is 0 Å². The standard InChI is InChI=1S/C25H22BrN5O2.Na/c1-4-21-28-22-14(2)11-15(3)27-24(22)30(21)13-16-9-10-19-18(12-16)23(26)31(29-19)20-8-6-5-7-17(20)25(32)33;/h5-12H,4,13H2,1-3H3,(H,32,33);. The van der Waals surface area contributed by atoms with Crippen molar-refractivity contribution in [3.05, 3.63) is 81.3 Å². The van der Waals surface area contributed by atoms with E-state index in [1.54, 1.807) is 28.9 Å². The van der Waals surface area contributed by atoms with E-state index in [1.165, 1.54) is 0 Å². The third-order valence-corrected chi connectivity index (χ3v) is 6.56. The molecule has 0 bridgehead atoms. The van der Waals surface area contributed by atoms with Gasteiger partial charge in [0.25, 0.3) is 0 Å². The molecule has 7 nitrogen and oxygen atoms in total. The molecule has 0 amide bonds. The number of nitrogens with zero attached hydrogens (tertiary/aromatic N) is 5. The minimum absolute atomic E-state index is 0. The van der Waals surface area contributed by atoms with Gasteiger partial charge >= 0.3 is 5.97 Å². The Bertz CT molecular complexity index is 1560. The van der Waals surface area contributed by atoms with Crippen LogP contribution in [-0.2, 0) is 13.0 Å². The van der Waals surface area contributed by atoms with Crippen LogP contribution >= 0.6 is 15.9 Å². The van der Waals surface area contributed by atoms with E-state index >= 15 is 0 Å². The summed E-state index contributed by atoms with van der Waals surface area (Å²) in [5, 5.41) is 15.1. The smallest absolute Gasteiger partial charge is 0.337 e. The summed E-state index contributed by atoms with van der Waals surface area (Å²) in [5.41, 5.74) is 6.51. The van der Waals surface area contributed by atoms with Gasteiger partial charge < -0.3 is 9.67 Å². The van der Waals surface area contributed by atoms with E-state index < -0.39 is 5.97 Å². The number of carboxylic acids is 1. The monoisotopic (exact) mass is 526 g/mol. The number of hydrogen-bond acceptors (Lipinski definition) is 4. The molecular formula is C25H22BrN5NaO2. The number of benzene rings is 2. The molecule has 0 fully saturated rings. The molecule has 1 radical (unpaired) electrons. The van der Waals surface area contributed by atoms with Crippen molar-refractivity contribution in [2.24, 2.45) is 0 Å². The Labute approximate surface area is 227 Å². The van der Waals surface area contributed by atoms with E-state index in [2.05, 4.69) is 51.6 Å². The number of para-hydroxylation sites is 1. The Kier molecular flexibility index (Phi) is 6.96. The number of aryl methyl sites for hydroxylation is 3. The van der Waals surface area contributed by atoms with Crippen LogP contribution in [-0.4, -0.2) is 64.9 Å². The van der Waals surface area contributed by atoms with Gasteiger partial charge in [0.1, 0.15) is 15.9 Å². The van der Waals surface area contributed by atoms with Crippen molar-refractivity contribution in [1.29, 1.82) is 0 Å². The zero-order chi connectivity index (χ0) is 23.3. The van der Waals surface area contributed by atoms with Gasteiger partial charge in [-0.05, 0) is 71.2 Å². The second-order valence-corrected chi connectivity index (χ2v) is 8.85. The summed E-state index contributed by atoms with van der Waals surface area (Å²) in [6, 6.07) is 15.0. The SMILES string of the molecule is CCc1nc2c(C)cc(C)nc2n1Cc1ccc2nn(-c3ccccc3C(=O)O)c(Br)c2c1.[Na]. The number of halogens is 1. The Morgan fingerprint density at radius 2 is 1.85 bits per heavy atom. The average Bonchev–Trinajstić information content (AvgIpc) is 3.31.